The van der Waals surface area contributed by atoms with Crippen LogP contribution in [0.3, 0.4) is 0 Å². The Morgan fingerprint density at radius 2 is 1.55 bits per heavy atom. The summed E-state index contributed by atoms with van der Waals surface area (Å²) in [5.74, 6) is -0.492. The second kappa shape index (κ2) is 8.18. The maximum atomic E-state index is 11.3. The van der Waals surface area contributed by atoms with Crippen LogP contribution in [0.1, 0.15) is 5.69 Å². The van der Waals surface area contributed by atoms with E-state index < -0.39 is 31.0 Å². The minimum Gasteiger partial charge on any atom is -0.492 e. The number of hydrogen-bond acceptors (Lipinski definition) is 8. The van der Waals surface area contributed by atoms with Crippen molar-refractivity contribution in [1.29, 1.82) is 0 Å². The molecule has 0 fully saturated rings. The Hall–Kier alpha value is -2.55. The fourth-order valence-electron chi connectivity index (χ4n) is 2.46. The van der Waals surface area contributed by atoms with Crippen molar-refractivity contribution in [2.24, 2.45) is 10.2 Å². The molecule has 0 atom stereocenters. The second-order valence-corrected chi connectivity index (χ2v) is 9.67. The van der Waals surface area contributed by atoms with Crippen LogP contribution in [0.4, 0.5) is 11.4 Å². The standard InChI is InChI=1S/C16H12Cl2N4O7S2/c1-8-15(20-19-9-2-4-10(5-3-9)30(24,25)26)16(23)22(21-8)13-6-12(18)14(7-11(13)17)31(27,28)29/h2-7,23H,1H3,(H,24,25,26)(H,27,28,29). The van der Waals surface area contributed by atoms with Gasteiger partial charge in [0.05, 0.1) is 32.0 Å². The Kier molecular flexibility index (Phi) is 6.10. The highest BCUT2D eigenvalue weighted by Gasteiger charge is 2.22. The van der Waals surface area contributed by atoms with E-state index in [0.717, 1.165) is 28.9 Å². The Morgan fingerprint density at radius 1 is 0.935 bits per heavy atom. The van der Waals surface area contributed by atoms with Gasteiger partial charge in [0.25, 0.3) is 20.2 Å². The van der Waals surface area contributed by atoms with Crippen LogP contribution in [0.5, 0.6) is 5.88 Å². The Morgan fingerprint density at radius 3 is 2.10 bits per heavy atom. The van der Waals surface area contributed by atoms with Crippen LogP contribution < -0.4 is 0 Å². The van der Waals surface area contributed by atoms with Crippen molar-refractivity contribution in [2.75, 3.05) is 0 Å². The molecule has 0 aliphatic carbocycles. The van der Waals surface area contributed by atoms with Gasteiger partial charge >= 0.3 is 0 Å². The Balaban J connectivity index is 2.00. The Bertz CT molecular complexity index is 1420. The van der Waals surface area contributed by atoms with E-state index in [2.05, 4.69) is 15.3 Å². The summed E-state index contributed by atoms with van der Waals surface area (Å²) in [7, 11) is -8.96. The molecule has 3 aromatic rings. The molecule has 0 saturated carbocycles. The highest BCUT2D eigenvalue weighted by molar-refractivity contribution is 7.86. The van der Waals surface area contributed by atoms with Gasteiger partial charge in [-0.2, -0.15) is 31.7 Å². The van der Waals surface area contributed by atoms with E-state index in [9.17, 15) is 26.5 Å². The molecule has 0 aliphatic rings. The summed E-state index contributed by atoms with van der Waals surface area (Å²) in [5.41, 5.74) is 0.405. The third-order valence-corrected chi connectivity index (χ3v) is 6.40. The molecule has 2 aromatic carbocycles. The molecule has 0 aliphatic heterocycles. The summed E-state index contributed by atoms with van der Waals surface area (Å²) in [6, 6.07) is 6.82. The van der Waals surface area contributed by atoms with Gasteiger partial charge in [-0.3, -0.25) is 9.11 Å². The molecule has 0 amide bonds. The van der Waals surface area contributed by atoms with Gasteiger partial charge in [-0.15, -0.1) is 5.11 Å². The average Bonchev–Trinajstić information content (AvgIpc) is 2.94. The number of benzene rings is 2. The number of aromatic nitrogens is 2. The minimum atomic E-state index is -4.62. The molecule has 0 bridgehead atoms. The molecular weight excluding hydrogens is 495 g/mol. The molecule has 0 unspecified atom stereocenters. The van der Waals surface area contributed by atoms with E-state index in [1.807, 2.05) is 0 Å². The molecule has 15 heteroatoms. The normalized spacial score (nSPS) is 12.5. The first-order valence-corrected chi connectivity index (χ1v) is 11.7. The van der Waals surface area contributed by atoms with Gasteiger partial charge in [-0.1, -0.05) is 23.2 Å². The van der Waals surface area contributed by atoms with Gasteiger partial charge in [0.2, 0.25) is 5.88 Å². The molecule has 3 N–H and O–H groups in total. The molecule has 0 spiro atoms. The molecule has 31 heavy (non-hydrogen) atoms. The molecular formula is C16H12Cl2N4O7S2. The predicted octanol–water partition coefficient (Wildman–Crippen LogP) is 4.10. The van der Waals surface area contributed by atoms with Crippen LogP contribution in [0.15, 0.2) is 56.4 Å². The summed E-state index contributed by atoms with van der Waals surface area (Å²) in [5, 5.41) is 21.8. The monoisotopic (exact) mass is 506 g/mol. The molecule has 0 radical (unpaired) electrons. The first-order chi connectivity index (χ1) is 14.3. The van der Waals surface area contributed by atoms with Crippen molar-refractivity contribution in [2.45, 2.75) is 16.7 Å². The van der Waals surface area contributed by atoms with Crippen LogP contribution in [-0.2, 0) is 20.2 Å². The zero-order valence-electron chi connectivity index (χ0n) is 15.3. The van der Waals surface area contributed by atoms with Crippen molar-refractivity contribution in [3.63, 3.8) is 0 Å². The molecule has 0 saturated heterocycles. The molecule has 1 heterocycles. The molecule has 11 nitrogen and oxygen atoms in total. The van der Waals surface area contributed by atoms with Crippen LogP contribution in [0, 0.1) is 6.92 Å². The summed E-state index contributed by atoms with van der Waals surface area (Å²) < 4.78 is 63.9. The number of nitrogens with zero attached hydrogens (tertiary/aromatic N) is 4. The quantitative estimate of drug-likeness (QED) is 0.342. The van der Waals surface area contributed by atoms with E-state index in [0.29, 0.717) is 0 Å². The maximum absolute atomic E-state index is 11.3. The van der Waals surface area contributed by atoms with E-state index in [1.165, 1.54) is 19.1 Å². The lowest BCUT2D eigenvalue weighted by Crippen LogP contribution is -2.03. The summed E-state index contributed by atoms with van der Waals surface area (Å²) >= 11 is 12.0. The van der Waals surface area contributed by atoms with Crippen molar-refractivity contribution < 1.29 is 31.0 Å². The smallest absolute Gasteiger partial charge is 0.296 e. The number of azo groups is 1. The predicted molar refractivity (Wildman–Crippen MR) is 110 cm³/mol. The summed E-state index contributed by atoms with van der Waals surface area (Å²) in [6.07, 6.45) is 0. The number of aromatic hydroxyl groups is 1. The van der Waals surface area contributed by atoms with Crippen LogP contribution >= 0.6 is 23.2 Å². The highest BCUT2D eigenvalue weighted by atomic mass is 35.5. The highest BCUT2D eigenvalue weighted by Crippen LogP contribution is 2.38. The number of halogens is 2. The first-order valence-electron chi connectivity index (χ1n) is 8.04. The van der Waals surface area contributed by atoms with Crippen molar-refractivity contribution in [1.82, 2.24) is 9.78 Å². The minimum absolute atomic E-state index is 0.0126. The molecule has 164 valence electrons. The van der Waals surface area contributed by atoms with Gasteiger partial charge in [-0.25, -0.2) is 0 Å². The summed E-state index contributed by atoms with van der Waals surface area (Å²) in [4.78, 5) is -0.933. The third kappa shape index (κ3) is 4.87. The van der Waals surface area contributed by atoms with Crippen LogP contribution in [0.2, 0.25) is 10.0 Å². The van der Waals surface area contributed by atoms with Crippen molar-refractivity contribution >= 4 is 54.8 Å². The van der Waals surface area contributed by atoms with Crippen LogP contribution in [0.25, 0.3) is 5.69 Å². The van der Waals surface area contributed by atoms with Gasteiger partial charge in [-0.05, 0) is 43.3 Å². The van der Waals surface area contributed by atoms with E-state index in [1.54, 1.807) is 0 Å². The van der Waals surface area contributed by atoms with E-state index in [-0.39, 0.29) is 37.7 Å². The lowest BCUT2D eigenvalue weighted by Gasteiger charge is -2.09. The maximum Gasteiger partial charge on any atom is 0.296 e. The van der Waals surface area contributed by atoms with Gasteiger partial charge in [0.1, 0.15) is 4.90 Å². The average molecular weight is 507 g/mol. The topological polar surface area (TPSA) is 172 Å². The molecule has 1 aromatic heterocycles. The fraction of sp³-hybridized carbons (Fsp3) is 0.0625. The fourth-order valence-corrected chi connectivity index (χ4v) is 4.27. The number of aryl methyl sites for hydroxylation is 1. The largest absolute Gasteiger partial charge is 0.492 e. The lowest BCUT2D eigenvalue weighted by molar-refractivity contribution is 0.434. The zero-order valence-corrected chi connectivity index (χ0v) is 18.4. The second-order valence-electron chi connectivity index (χ2n) is 6.05. The van der Waals surface area contributed by atoms with Crippen LogP contribution in [-0.4, -0.2) is 40.8 Å². The van der Waals surface area contributed by atoms with E-state index >= 15 is 0 Å². The van der Waals surface area contributed by atoms with E-state index in [4.69, 9.17) is 27.8 Å². The number of rotatable bonds is 5. The lowest BCUT2D eigenvalue weighted by atomic mass is 10.3. The zero-order chi connectivity index (χ0) is 23.1. The Labute approximate surface area is 186 Å². The third-order valence-electron chi connectivity index (χ3n) is 3.91. The molecule has 3 rings (SSSR count). The van der Waals surface area contributed by atoms with Gasteiger partial charge < -0.3 is 5.11 Å². The SMILES string of the molecule is Cc1nn(-c2cc(Cl)c(S(=O)(=O)O)cc2Cl)c(O)c1N=Nc1ccc(S(=O)(=O)O)cc1. The van der Waals surface area contributed by atoms with Crippen molar-refractivity contribution in [3.05, 3.63) is 52.1 Å². The summed E-state index contributed by atoms with van der Waals surface area (Å²) in [6.45, 7) is 1.51. The van der Waals surface area contributed by atoms with Gasteiger partial charge in [0.15, 0.2) is 5.69 Å². The van der Waals surface area contributed by atoms with Crippen molar-refractivity contribution in [3.8, 4) is 11.6 Å². The first kappa shape index (κ1) is 23.1. The van der Waals surface area contributed by atoms with Gasteiger partial charge in [0, 0.05) is 0 Å². The number of hydrogen-bond donors (Lipinski definition) is 3.